The first-order chi connectivity index (χ1) is 16.6. The number of ether oxygens (including phenoxy) is 2. The van der Waals surface area contributed by atoms with Gasteiger partial charge >= 0.3 is 6.03 Å². The van der Waals surface area contributed by atoms with Crippen molar-refractivity contribution in [3.8, 4) is 11.5 Å². The topological polar surface area (TPSA) is 71.1 Å². The van der Waals surface area contributed by atoms with Crippen LogP contribution < -0.4 is 14.8 Å². The number of fused-ring (bicyclic) bond motifs is 1. The lowest BCUT2D eigenvalue weighted by Gasteiger charge is -2.38. The molecule has 3 rings (SSSR count). The van der Waals surface area contributed by atoms with E-state index in [1.54, 1.807) is 23.3 Å². The van der Waals surface area contributed by atoms with E-state index in [1.165, 1.54) is 4.88 Å². The lowest BCUT2D eigenvalue weighted by Crippen LogP contribution is -2.53. The molecule has 7 nitrogen and oxygen atoms in total. The molecule has 0 spiro atoms. The van der Waals surface area contributed by atoms with Crippen molar-refractivity contribution in [2.75, 3.05) is 33.4 Å². The average molecular weight is 502 g/mol. The molecule has 1 aromatic heterocycles. The summed E-state index contributed by atoms with van der Waals surface area (Å²) in [4.78, 5) is 31.5. The van der Waals surface area contributed by atoms with E-state index in [0.29, 0.717) is 37.1 Å². The first-order valence-corrected chi connectivity index (χ1v) is 13.2. The minimum absolute atomic E-state index is 0.0386. The van der Waals surface area contributed by atoms with Crippen molar-refractivity contribution in [2.24, 2.45) is 5.92 Å². The van der Waals surface area contributed by atoms with Crippen LogP contribution in [0.4, 0.5) is 4.79 Å². The minimum atomic E-state index is -0.379. The van der Waals surface area contributed by atoms with Gasteiger partial charge in [-0.25, -0.2) is 4.79 Å². The maximum atomic E-state index is 13.7. The highest BCUT2D eigenvalue weighted by Crippen LogP contribution is 2.35. The molecule has 8 heteroatoms. The molecule has 1 aliphatic rings. The first kappa shape index (κ1) is 26.9. The molecule has 192 valence electrons. The number of urea groups is 1. The van der Waals surface area contributed by atoms with E-state index < -0.39 is 0 Å². The number of amides is 3. The number of nitrogens with zero attached hydrogens (tertiary/aromatic N) is 2. The summed E-state index contributed by atoms with van der Waals surface area (Å²) < 4.78 is 11.6. The molecule has 1 aromatic carbocycles. The molecular weight excluding hydrogens is 462 g/mol. The predicted octanol–water partition coefficient (Wildman–Crippen LogP) is 5.12. The molecule has 35 heavy (non-hydrogen) atoms. The second-order valence-corrected chi connectivity index (χ2v) is 11.2. The van der Waals surface area contributed by atoms with E-state index in [-0.39, 0.29) is 30.1 Å². The number of carbonyl (C=O) groups excluding carboxylic acids is 2. The van der Waals surface area contributed by atoms with Crippen LogP contribution in [-0.4, -0.2) is 60.6 Å². The van der Waals surface area contributed by atoms with Crippen LogP contribution >= 0.6 is 11.3 Å². The zero-order chi connectivity index (χ0) is 25.6. The van der Waals surface area contributed by atoms with Gasteiger partial charge in [-0.1, -0.05) is 32.4 Å². The van der Waals surface area contributed by atoms with Crippen molar-refractivity contribution in [1.29, 1.82) is 0 Å². The monoisotopic (exact) mass is 501 g/mol. The number of benzene rings is 1. The number of methoxy groups -OCH3 is 1. The largest absolute Gasteiger partial charge is 0.493 e. The molecule has 0 aliphatic carbocycles. The van der Waals surface area contributed by atoms with E-state index >= 15 is 0 Å². The van der Waals surface area contributed by atoms with Crippen LogP contribution in [0, 0.1) is 5.92 Å². The summed E-state index contributed by atoms with van der Waals surface area (Å²) in [5, 5.41) is 5.09. The van der Waals surface area contributed by atoms with Gasteiger partial charge in [-0.05, 0) is 62.3 Å². The molecule has 0 bridgehead atoms. The van der Waals surface area contributed by atoms with Gasteiger partial charge in [-0.3, -0.25) is 4.79 Å². The molecule has 2 aromatic rings. The maximum absolute atomic E-state index is 13.7. The third-order valence-corrected chi connectivity index (χ3v) is 7.20. The van der Waals surface area contributed by atoms with Crippen LogP contribution in [0.5, 0.6) is 11.5 Å². The SMILES string of the molecule is CC[C@H](C)CN(CC(=O)N1CCc2sccc2[C@@H]1COc1ccccc1OC)C(=O)NC(C)(C)C. The van der Waals surface area contributed by atoms with Gasteiger partial charge in [0.05, 0.1) is 13.2 Å². The van der Waals surface area contributed by atoms with Gasteiger partial charge in [-0.2, -0.15) is 0 Å². The first-order valence-electron chi connectivity index (χ1n) is 12.3. The molecule has 3 amide bonds. The lowest BCUT2D eigenvalue weighted by atomic mass is 10.00. The average Bonchev–Trinajstić information content (AvgIpc) is 3.30. The second kappa shape index (κ2) is 11.8. The summed E-state index contributed by atoms with van der Waals surface area (Å²) in [6.07, 6.45) is 1.74. The highest BCUT2D eigenvalue weighted by atomic mass is 32.1. The second-order valence-electron chi connectivity index (χ2n) is 10.2. The van der Waals surface area contributed by atoms with Crippen LogP contribution in [0.1, 0.15) is 57.5 Å². The molecule has 2 heterocycles. The highest BCUT2D eigenvalue weighted by molar-refractivity contribution is 7.10. The van der Waals surface area contributed by atoms with Crippen molar-refractivity contribution in [1.82, 2.24) is 15.1 Å². The molecule has 0 fully saturated rings. The smallest absolute Gasteiger partial charge is 0.318 e. The Morgan fingerprint density at radius 1 is 1.23 bits per heavy atom. The summed E-state index contributed by atoms with van der Waals surface area (Å²) >= 11 is 1.72. The van der Waals surface area contributed by atoms with Crippen LogP contribution in [0.25, 0.3) is 0 Å². The zero-order valence-electron chi connectivity index (χ0n) is 21.8. The van der Waals surface area contributed by atoms with E-state index in [4.69, 9.17) is 9.47 Å². The number of thiophene rings is 1. The fraction of sp³-hybridized carbons (Fsp3) is 0.556. The molecule has 0 saturated heterocycles. The van der Waals surface area contributed by atoms with E-state index in [1.807, 2.05) is 49.9 Å². The molecule has 0 saturated carbocycles. The number of hydrogen-bond donors (Lipinski definition) is 1. The van der Waals surface area contributed by atoms with Gasteiger partial charge in [-0.15, -0.1) is 11.3 Å². The quantitative estimate of drug-likeness (QED) is 0.518. The Hall–Kier alpha value is -2.74. The van der Waals surface area contributed by atoms with Gasteiger partial charge in [0.2, 0.25) is 5.91 Å². The Morgan fingerprint density at radius 2 is 1.94 bits per heavy atom. The van der Waals surface area contributed by atoms with Gasteiger partial charge in [0.25, 0.3) is 0 Å². The number of hydrogen-bond acceptors (Lipinski definition) is 5. The number of para-hydroxylation sites is 2. The minimum Gasteiger partial charge on any atom is -0.493 e. The number of rotatable bonds is 9. The Morgan fingerprint density at radius 3 is 2.60 bits per heavy atom. The van der Waals surface area contributed by atoms with Crippen LogP contribution in [0.2, 0.25) is 0 Å². The molecule has 1 aliphatic heterocycles. The number of nitrogens with one attached hydrogen (secondary N) is 1. The van der Waals surface area contributed by atoms with Gasteiger partial charge in [0, 0.05) is 23.5 Å². The zero-order valence-corrected chi connectivity index (χ0v) is 22.6. The molecule has 0 unspecified atom stereocenters. The fourth-order valence-electron chi connectivity index (χ4n) is 4.16. The third kappa shape index (κ3) is 7.13. The van der Waals surface area contributed by atoms with Gasteiger partial charge < -0.3 is 24.6 Å². The normalized spacial score (nSPS) is 16.3. The van der Waals surface area contributed by atoms with Crippen LogP contribution in [0.3, 0.4) is 0 Å². The molecule has 2 atom stereocenters. The fourth-order valence-corrected chi connectivity index (χ4v) is 5.09. The molecular formula is C27H39N3O4S. The van der Waals surface area contributed by atoms with Crippen molar-refractivity contribution in [2.45, 2.75) is 59.0 Å². The lowest BCUT2D eigenvalue weighted by molar-refractivity contribution is -0.135. The molecule has 0 radical (unpaired) electrons. The van der Waals surface area contributed by atoms with E-state index in [2.05, 4.69) is 30.6 Å². The van der Waals surface area contributed by atoms with Crippen LogP contribution in [-0.2, 0) is 11.2 Å². The predicted molar refractivity (Wildman–Crippen MR) is 140 cm³/mol. The van der Waals surface area contributed by atoms with E-state index in [0.717, 1.165) is 18.4 Å². The van der Waals surface area contributed by atoms with E-state index in [9.17, 15) is 9.59 Å². The highest BCUT2D eigenvalue weighted by Gasteiger charge is 2.34. The Bertz CT molecular complexity index is 1000. The van der Waals surface area contributed by atoms with Crippen molar-refractivity contribution < 1.29 is 19.1 Å². The summed E-state index contributed by atoms with van der Waals surface area (Å²) in [7, 11) is 1.62. The standard InChI is InChI=1S/C27H39N3O4S/c1-7-19(2)16-29(26(32)28-27(3,4)5)17-25(31)30-14-12-24-20(13-15-35-24)21(30)18-34-23-11-9-8-10-22(23)33-6/h8-11,13,15,19,21H,7,12,14,16-18H2,1-6H3,(H,28,32)/t19-,21-/m0/s1. The third-order valence-electron chi connectivity index (χ3n) is 6.21. The van der Waals surface area contributed by atoms with Crippen molar-refractivity contribution in [3.05, 3.63) is 46.2 Å². The Labute approximate surface area is 213 Å². The number of carbonyl (C=O) groups is 2. The summed E-state index contributed by atoms with van der Waals surface area (Å²) in [6, 6.07) is 9.17. The van der Waals surface area contributed by atoms with Gasteiger partial charge in [0.1, 0.15) is 13.2 Å². The van der Waals surface area contributed by atoms with Crippen molar-refractivity contribution in [3.63, 3.8) is 0 Å². The summed E-state index contributed by atoms with van der Waals surface area (Å²) in [5.41, 5.74) is 0.743. The maximum Gasteiger partial charge on any atom is 0.318 e. The van der Waals surface area contributed by atoms with Crippen LogP contribution in [0.15, 0.2) is 35.7 Å². The molecule has 1 N–H and O–H groups in total. The van der Waals surface area contributed by atoms with Gasteiger partial charge in [0.15, 0.2) is 11.5 Å². The van der Waals surface area contributed by atoms with Crippen molar-refractivity contribution >= 4 is 23.3 Å². The summed E-state index contributed by atoms with van der Waals surface area (Å²) in [6.45, 7) is 11.5. The Kier molecular flexibility index (Phi) is 9.05. The Balaban J connectivity index is 1.79. The summed E-state index contributed by atoms with van der Waals surface area (Å²) in [5.74, 6) is 1.53.